The van der Waals surface area contributed by atoms with Crippen molar-refractivity contribution in [1.82, 2.24) is 0 Å². The van der Waals surface area contributed by atoms with Crippen LogP contribution in [0.4, 0.5) is 0 Å². The fourth-order valence-corrected chi connectivity index (χ4v) is 64.4. The Balaban J connectivity index is 0.000000153. The third-order valence-electron chi connectivity index (χ3n) is 17.7. The van der Waals surface area contributed by atoms with E-state index in [-0.39, 0.29) is 0 Å². The number of hydrogen-bond acceptors (Lipinski definition) is 9. The van der Waals surface area contributed by atoms with Crippen LogP contribution in [0.1, 0.15) is 310 Å². The van der Waals surface area contributed by atoms with E-state index in [9.17, 15) is 0 Å². The van der Waals surface area contributed by atoms with Gasteiger partial charge in [-0.05, 0) is 0 Å². The Bertz CT molecular complexity index is 1230. The van der Waals surface area contributed by atoms with Gasteiger partial charge in [0.15, 0.2) is 0 Å². The van der Waals surface area contributed by atoms with Crippen LogP contribution in [0.25, 0.3) is 0 Å². The van der Waals surface area contributed by atoms with Gasteiger partial charge in [0.1, 0.15) is 0 Å². The molecule has 3 aliphatic carbocycles. The Morgan fingerprint density at radius 1 is 0.246 bits per heavy atom. The third kappa shape index (κ3) is 15.8. The standard InChI is InChI=1S/3C18H36O3P.3Sb/c3*1-2-3-4-5-6-7-8-9-10-14-17-22(19,20,21)18-15-12-11-13-16-18;;;/h3*18H,2-17H2,1H3;;;/q3*-3;3*+3. The molecular weight excluding hydrogens is 1250 g/mol. The summed E-state index contributed by atoms with van der Waals surface area (Å²) in [4.78, 5) is 0. The van der Waals surface area contributed by atoms with Crippen LogP contribution in [0.15, 0.2) is 0 Å². The summed E-state index contributed by atoms with van der Waals surface area (Å²) in [6, 6.07) is 0. The zero-order chi connectivity index (χ0) is 48.1. The Hall–Kier alpha value is 3.38. The molecule has 408 valence electrons. The molecule has 0 atom stereocenters. The van der Waals surface area contributed by atoms with E-state index in [4.69, 9.17) is 25.2 Å². The molecule has 0 N–H and O–H groups in total. The van der Waals surface area contributed by atoms with Gasteiger partial charge in [-0.1, -0.05) is 0 Å². The van der Waals surface area contributed by atoms with Gasteiger partial charge in [-0.2, -0.15) is 0 Å². The average molecular weight is 1360 g/mol. The summed E-state index contributed by atoms with van der Waals surface area (Å²) in [5.41, 5.74) is 1.92. The van der Waals surface area contributed by atoms with Gasteiger partial charge in [0.2, 0.25) is 0 Å². The van der Waals surface area contributed by atoms with E-state index in [0.717, 1.165) is 18.5 Å². The minimum absolute atomic E-state index is 0.641. The van der Waals surface area contributed by atoms with Crippen molar-refractivity contribution in [3.05, 3.63) is 0 Å². The van der Waals surface area contributed by atoms with Crippen LogP contribution in [0.5, 0.6) is 0 Å². The molecule has 0 aromatic rings. The zero-order valence-corrected chi connectivity index (χ0v) is 55.4. The molecule has 12 aliphatic rings. The molecule has 9 heterocycles. The van der Waals surface area contributed by atoms with Gasteiger partial charge in [0.25, 0.3) is 0 Å². The van der Waals surface area contributed by atoms with Crippen LogP contribution in [-0.4, -0.2) is 99.9 Å². The average Bonchev–Trinajstić information content (AvgIpc) is 3.30. The molecule has 3 saturated carbocycles. The summed E-state index contributed by atoms with van der Waals surface area (Å²) in [6.45, 7) is 6.86. The van der Waals surface area contributed by atoms with Crippen molar-refractivity contribution in [3.8, 4) is 0 Å². The fourth-order valence-electron chi connectivity index (χ4n) is 13.2. The molecule has 9 aliphatic heterocycles. The summed E-state index contributed by atoms with van der Waals surface area (Å²) in [5, 5.41) is 0. The van der Waals surface area contributed by atoms with Crippen LogP contribution in [0.2, 0.25) is 0 Å². The third-order valence-corrected chi connectivity index (χ3v) is 67.9. The van der Waals surface area contributed by atoms with Gasteiger partial charge in [-0.3, -0.25) is 0 Å². The molecule has 0 aromatic carbocycles. The van der Waals surface area contributed by atoms with Crippen LogP contribution >= 0.6 is 21.9 Å². The quantitative estimate of drug-likeness (QED) is 0.0346. The molecule has 6 bridgehead atoms. The molecule has 0 radical (unpaired) electrons. The van der Waals surface area contributed by atoms with E-state index in [0.29, 0.717) is 17.0 Å². The topological polar surface area (TPSA) is 83.1 Å². The Labute approximate surface area is 452 Å². The van der Waals surface area contributed by atoms with Gasteiger partial charge < -0.3 is 0 Å². The maximum atomic E-state index is 6.29. The summed E-state index contributed by atoms with van der Waals surface area (Å²) >= 11 is -5.90. The Morgan fingerprint density at radius 3 is 0.580 bits per heavy atom. The predicted molar refractivity (Wildman–Crippen MR) is 299 cm³/mol. The van der Waals surface area contributed by atoms with E-state index < -0.39 is 86.3 Å². The van der Waals surface area contributed by atoms with E-state index in [1.807, 2.05) is 0 Å². The number of rotatable bonds is 36. The first-order valence-corrected chi connectivity index (χ1v) is 46.7. The van der Waals surface area contributed by atoms with Crippen LogP contribution in [-0.2, 0) is 25.2 Å². The number of hydrogen-bond donors (Lipinski definition) is 0. The second kappa shape index (κ2) is 30.1. The minimum atomic E-state index is -2.49. The Morgan fingerprint density at radius 2 is 0.420 bits per heavy atom. The van der Waals surface area contributed by atoms with Gasteiger partial charge in [-0.15, -0.1) is 0 Å². The summed E-state index contributed by atoms with van der Waals surface area (Å²) < 4.78 is 56.7. The maximum absolute atomic E-state index is 6.29. The summed E-state index contributed by atoms with van der Waals surface area (Å²) in [5.74, 6) is 0. The van der Waals surface area contributed by atoms with Gasteiger partial charge in [0.05, 0.1) is 0 Å². The molecule has 15 heteroatoms. The summed E-state index contributed by atoms with van der Waals surface area (Å²) in [6.07, 6.45) is 65.2. The van der Waals surface area contributed by atoms with E-state index in [1.165, 1.54) is 289 Å². The first-order chi connectivity index (χ1) is 33.8. The molecule has 12 rings (SSSR count). The molecule has 0 aromatic heterocycles. The van der Waals surface area contributed by atoms with Crippen LogP contribution in [0.3, 0.4) is 0 Å². The second-order valence-corrected chi connectivity index (χ2v) is 51.4. The second-order valence-electron chi connectivity index (χ2n) is 23.3. The fraction of sp³-hybridized carbons (Fsp3) is 1.00. The van der Waals surface area contributed by atoms with Crippen molar-refractivity contribution < 1.29 is 25.2 Å². The van der Waals surface area contributed by atoms with Gasteiger partial charge >= 0.3 is 457 Å². The molecule has 0 unspecified atom stereocenters. The molecular formula is C54H108O9P3Sb3. The van der Waals surface area contributed by atoms with Crippen molar-refractivity contribution in [2.45, 2.75) is 327 Å². The monoisotopic (exact) mass is 1360 g/mol. The first kappa shape index (κ1) is 60.0. The van der Waals surface area contributed by atoms with Crippen molar-refractivity contribution >= 4 is 86.3 Å². The van der Waals surface area contributed by atoms with E-state index >= 15 is 0 Å². The SMILES string of the molecule is CCCCCCCCCCCCP12(C3CCCCC3)[O][Sb]([O]1)[O]2.CCCCCCCCCCCCP12(C3CCCCC3)[O][Sb]([O]1)[O]2.CCCCCCCCCCCCP12(C3CCCCC3)[O][Sb]([O]1)[O]2. The van der Waals surface area contributed by atoms with Gasteiger partial charge in [0, 0.05) is 0 Å². The van der Waals surface area contributed by atoms with Crippen LogP contribution in [0, 0.1) is 0 Å². The summed E-state index contributed by atoms with van der Waals surface area (Å²) in [7, 11) is -7.46. The zero-order valence-electron chi connectivity index (χ0n) is 45.0. The molecule has 12 fully saturated rings. The van der Waals surface area contributed by atoms with Crippen molar-refractivity contribution in [1.29, 1.82) is 0 Å². The van der Waals surface area contributed by atoms with E-state index in [2.05, 4.69) is 20.8 Å². The molecule has 9 nitrogen and oxygen atoms in total. The van der Waals surface area contributed by atoms with Gasteiger partial charge in [-0.25, -0.2) is 0 Å². The molecule has 0 amide bonds. The number of unbranched alkanes of at least 4 members (excludes halogenated alkanes) is 27. The van der Waals surface area contributed by atoms with Crippen molar-refractivity contribution in [2.24, 2.45) is 0 Å². The predicted octanol–water partition coefficient (Wildman–Crippen LogP) is 19.8. The molecule has 0 spiro atoms. The Kier molecular flexibility index (Phi) is 26.2. The van der Waals surface area contributed by atoms with Crippen LogP contribution < -0.4 is 0 Å². The molecule has 9 saturated heterocycles. The first-order valence-electron chi connectivity index (χ1n) is 30.6. The van der Waals surface area contributed by atoms with Crippen molar-refractivity contribution in [3.63, 3.8) is 0 Å². The normalized spacial score (nSPS) is 27.6. The molecule has 69 heavy (non-hydrogen) atoms. The van der Waals surface area contributed by atoms with Crippen molar-refractivity contribution in [2.75, 3.05) is 18.5 Å². The van der Waals surface area contributed by atoms with E-state index in [1.54, 1.807) is 0 Å².